The highest BCUT2D eigenvalue weighted by Crippen LogP contribution is 2.43. The highest BCUT2D eigenvalue weighted by Gasteiger charge is 2.39. The first-order valence-electron chi connectivity index (χ1n) is 8.39. The summed E-state index contributed by atoms with van der Waals surface area (Å²) in [5.74, 6) is 1.66. The zero-order valence-corrected chi connectivity index (χ0v) is 16.3. The second-order valence-electron chi connectivity index (χ2n) is 7.44. The molecule has 3 atom stereocenters. The maximum absolute atomic E-state index is 3.84. The van der Waals surface area contributed by atoms with Gasteiger partial charge in [0, 0.05) is 15.4 Å². The summed E-state index contributed by atoms with van der Waals surface area (Å²) >= 11 is 5.60. The Kier molecular flexibility index (Phi) is 6.34. The first-order valence-corrected chi connectivity index (χ1v) is 10.1. The molecule has 2 rings (SSSR count). The molecule has 1 N–H and O–H groups in total. The topological polar surface area (TPSA) is 12.0 Å². The second kappa shape index (κ2) is 7.61. The Labute approximate surface area is 143 Å². The standard InChI is InChI=1S/C18H30BrNS/c1-5-9-20-16-11-13(2)6-7-14(16)18(3,4)12-17-15(19)8-10-21-17/h8,10,13-14,16,20H,5-7,9,11-12H2,1-4H3. The van der Waals surface area contributed by atoms with Gasteiger partial charge in [-0.05, 0) is 76.9 Å². The minimum atomic E-state index is 0.360. The summed E-state index contributed by atoms with van der Waals surface area (Å²) in [7, 11) is 0. The van der Waals surface area contributed by atoms with Gasteiger partial charge < -0.3 is 5.32 Å². The Hall–Kier alpha value is 0.140. The van der Waals surface area contributed by atoms with E-state index < -0.39 is 0 Å². The van der Waals surface area contributed by atoms with Crippen molar-refractivity contribution in [1.29, 1.82) is 0 Å². The lowest BCUT2D eigenvalue weighted by molar-refractivity contribution is 0.0946. The third-order valence-electron chi connectivity index (χ3n) is 5.08. The van der Waals surface area contributed by atoms with E-state index in [1.807, 2.05) is 11.3 Å². The van der Waals surface area contributed by atoms with Gasteiger partial charge in [0.2, 0.25) is 0 Å². The van der Waals surface area contributed by atoms with Crippen LogP contribution in [0.15, 0.2) is 15.9 Å². The highest BCUT2D eigenvalue weighted by molar-refractivity contribution is 9.10. The number of halogens is 1. The normalized spacial score (nSPS) is 27.0. The Morgan fingerprint density at radius 1 is 1.38 bits per heavy atom. The van der Waals surface area contributed by atoms with Crippen molar-refractivity contribution in [1.82, 2.24) is 5.32 Å². The van der Waals surface area contributed by atoms with Crippen LogP contribution in [-0.4, -0.2) is 12.6 Å². The molecule has 0 radical (unpaired) electrons. The van der Waals surface area contributed by atoms with E-state index in [4.69, 9.17) is 0 Å². The Balaban J connectivity index is 2.09. The molecular weight excluding hydrogens is 342 g/mol. The molecule has 1 heterocycles. The van der Waals surface area contributed by atoms with Crippen LogP contribution in [-0.2, 0) is 6.42 Å². The van der Waals surface area contributed by atoms with Crippen molar-refractivity contribution in [2.75, 3.05) is 6.54 Å². The predicted octanol–water partition coefficient (Wildman–Crippen LogP) is 5.88. The molecule has 1 aromatic rings. The Morgan fingerprint density at radius 3 is 2.76 bits per heavy atom. The SMILES string of the molecule is CCCNC1CC(C)CCC1C(C)(C)Cc1sccc1Br. The molecule has 0 bridgehead atoms. The van der Waals surface area contributed by atoms with E-state index in [1.165, 1.54) is 41.5 Å². The molecule has 3 unspecified atom stereocenters. The molecule has 0 spiro atoms. The van der Waals surface area contributed by atoms with Gasteiger partial charge in [0.25, 0.3) is 0 Å². The predicted molar refractivity (Wildman–Crippen MR) is 98.1 cm³/mol. The largest absolute Gasteiger partial charge is 0.314 e. The molecular formula is C18H30BrNS. The first-order chi connectivity index (χ1) is 9.94. The van der Waals surface area contributed by atoms with Crippen LogP contribution in [0.5, 0.6) is 0 Å². The Morgan fingerprint density at radius 2 is 2.14 bits per heavy atom. The second-order valence-corrected chi connectivity index (χ2v) is 9.30. The van der Waals surface area contributed by atoms with E-state index in [1.54, 1.807) is 0 Å². The van der Waals surface area contributed by atoms with Gasteiger partial charge in [0.15, 0.2) is 0 Å². The Bertz CT molecular complexity index is 440. The molecule has 21 heavy (non-hydrogen) atoms. The van der Waals surface area contributed by atoms with Crippen LogP contribution in [0.4, 0.5) is 0 Å². The monoisotopic (exact) mass is 371 g/mol. The third kappa shape index (κ3) is 4.56. The molecule has 0 aliphatic heterocycles. The van der Waals surface area contributed by atoms with Crippen molar-refractivity contribution in [3.05, 3.63) is 20.8 Å². The van der Waals surface area contributed by atoms with Crippen molar-refractivity contribution in [3.8, 4) is 0 Å². The van der Waals surface area contributed by atoms with Crippen LogP contribution >= 0.6 is 27.3 Å². The summed E-state index contributed by atoms with van der Waals surface area (Å²) in [6.07, 6.45) is 6.53. The summed E-state index contributed by atoms with van der Waals surface area (Å²) in [6, 6.07) is 2.88. The molecule has 0 saturated heterocycles. The van der Waals surface area contributed by atoms with Crippen molar-refractivity contribution >= 4 is 27.3 Å². The summed E-state index contributed by atoms with van der Waals surface area (Å²) in [5, 5.41) is 6.04. The molecule has 0 amide bonds. The lowest BCUT2D eigenvalue weighted by Crippen LogP contribution is -2.47. The molecule has 1 aromatic heterocycles. The van der Waals surface area contributed by atoms with Gasteiger partial charge in [0.1, 0.15) is 0 Å². The van der Waals surface area contributed by atoms with Crippen molar-refractivity contribution in [2.24, 2.45) is 17.3 Å². The molecule has 1 aliphatic rings. The van der Waals surface area contributed by atoms with Crippen LogP contribution in [0.1, 0.15) is 58.3 Å². The smallest absolute Gasteiger partial charge is 0.0314 e. The fourth-order valence-electron chi connectivity index (χ4n) is 3.87. The van der Waals surface area contributed by atoms with Gasteiger partial charge >= 0.3 is 0 Å². The maximum Gasteiger partial charge on any atom is 0.0314 e. The molecule has 1 saturated carbocycles. The highest BCUT2D eigenvalue weighted by atomic mass is 79.9. The average molecular weight is 372 g/mol. The summed E-state index contributed by atoms with van der Waals surface area (Å²) in [6.45, 7) is 10.8. The number of hydrogen-bond donors (Lipinski definition) is 1. The van der Waals surface area contributed by atoms with Crippen molar-refractivity contribution in [2.45, 2.75) is 65.8 Å². The van der Waals surface area contributed by atoms with E-state index >= 15 is 0 Å². The van der Waals surface area contributed by atoms with E-state index in [0.717, 1.165) is 18.4 Å². The zero-order chi connectivity index (χ0) is 15.5. The minimum Gasteiger partial charge on any atom is -0.314 e. The summed E-state index contributed by atoms with van der Waals surface area (Å²) in [4.78, 5) is 1.51. The zero-order valence-electron chi connectivity index (χ0n) is 13.9. The van der Waals surface area contributed by atoms with E-state index in [-0.39, 0.29) is 0 Å². The lowest BCUT2D eigenvalue weighted by atomic mass is 9.65. The molecule has 1 nitrogen and oxygen atoms in total. The van der Waals surface area contributed by atoms with Gasteiger partial charge in [-0.3, -0.25) is 0 Å². The van der Waals surface area contributed by atoms with Crippen LogP contribution in [0, 0.1) is 17.3 Å². The van der Waals surface area contributed by atoms with Gasteiger partial charge in [-0.1, -0.05) is 34.1 Å². The van der Waals surface area contributed by atoms with Gasteiger partial charge in [-0.2, -0.15) is 0 Å². The third-order valence-corrected chi connectivity index (χ3v) is 7.01. The van der Waals surface area contributed by atoms with Crippen molar-refractivity contribution in [3.63, 3.8) is 0 Å². The lowest BCUT2D eigenvalue weighted by Gasteiger charge is -2.45. The fraction of sp³-hybridized carbons (Fsp3) is 0.778. The van der Waals surface area contributed by atoms with E-state index in [2.05, 4.69) is 60.4 Å². The minimum absolute atomic E-state index is 0.360. The molecule has 0 aromatic carbocycles. The van der Waals surface area contributed by atoms with Crippen LogP contribution in [0.3, 0.4) is 0 Å². The van der Waals surface area contributed by atoms with Crippen LogP contribution in [0.2, 0.25) is 0 Å². The average Bonchev–Trinajstić information content (AvgIpc) is 2.81. The van der Waals surface area contributed by atoms with Crippen LogP contribution in [0.25, 0.3) is 0 Å². The van der Waals surface area contributed by atoms with Gasteiger partial charge in [-0.25, -0.2) is 0 Å². The molecule has 1 fully saturated rings. The number of rotatable bonds is 6. The number of thiophene rings is 1. The van der Waals surface area contributed by atoms with Gasteiger partial charge in [0.05, 0.1) is 0 Å². The van der Waals surface area contributed by atoms with E-state index in [9.17, 15) is 0 Å². The van der Waals surface area contributed by atoms with E-state index in [0.29, 0.717) is 11.5 Å². The van der Waals surface area contributed by atoms with Crippen molar-refractivity contribution < 1.29 is 0 Å². The summed E-state index contributed by atoms with van der Waals surface area (Å²) in [5.41, 5.74) is 0.360. The maximum atomic E-state index is 3.84. The van der Waals surface area contributed by atoms with Gasteiger partial charge in [-0.15, -0.1) is 11.3 Å². The fourth-order valence-corrected chi connectivity index (χ4v) is 5.60. The molecule has 120 valence electrons. The first kappa shape index (κ1) is 17.5. The summed E-state index contributed by atoms with van der Waals surface area (Å²) < 4.78 is 1.29. The number of hydrogen-bond acceptors (Lipinski definition) is 2. The quantitative estimate of drug-likeness (QED) is 0.657. The molecule has 3 heteroatoms. The van der Waals surface area contributed by atoms with Crippen LogP contribution < -0.4 is 5.32 Å². The number of nitrogens with one attached hydrogen (secondary N) is 1. The molecule has 1 aliphatic carbocycles.